The van der Waals surface area contributed by atoms with Crippen LogP contribution in [0.2, 0.25) is 0 Å². The minimum absolute atomic E-state index is 0.359. The highest BCUT2D eigenvalue weighted by molar-refractivity contribution is 7.26. The SMILES string of the molecule is CC1(C)c2cc(-c3nc(-c4ccc(-c5ccccc5)cc4)nc(-c4cccc5c4sc4ccccc45)n3)ccc2-c2ccc3nc(-c4ccccc4)oc3c21. The van der Waals surface area contributed by atoms with Gasteiger partial charge in [-0.1, -0.05) is 135 Å². The van der Waals surface area contributed by atoms with E-state index in [4.69, 9.17) is 24.4 Å². The number of hydrogen-bond acceptors (Lipinski definition) is 6. The van der Waals surface area contributed by atoms with Crippen molar-refractivity contribution in [2.75, 3.05) is 0 Å². The van der Waals surface area contributed by atoms with Crippen molar-refractivity contribution in [3.8, 4) is 67.9 Å². The fraction of sp³-hybridized carbons (Fsp3) is 0.0612. The van der Waals surface area contributed by atoms with Crippen molar-refractivity contribution < 1.29 is 4.42 Å². The lowest BCUT2D eigenvalue weighted by Gasteiger charge is -2.21. The Hall–Kier alpha value is -6.76. The molecular formula is C49H32N4OS. The maximum atomic E-state index is 6.56. The molecule has 0 spiro atoms. The Bertz CT molecular complexity index is 3110. The molecule has 1 aliphatic carbocycles. The first-order valence-corrected chi connectivity index (χ1v) is 19.3. The van der Waals surface area contributed by atoms with Crippen LogP contribution in [-0.2, 0) is 5.41 Å². The van der Waals surface area contributed by atoms with Crippen molar-refractivity contribution in [1.82, 2.24) is 19.9 Å². The molecule has 0 saturated carbocycles. The van der Waals surface area contributed by atoms with Crippen LogP contribution >= 0.6 is 11.3 Å². The average molecular weight is 725 g/mol. The largest absolute Gasteiger partial charge is 0.436 e. The first-order valence-electron chi connectivity index (χ1n) is 18.5. The smallest absolute Gasteiger partial charge is 0.227 e. The molecule has 3 aromatic heterocycles. The quantitative estimate of drug-likeness (QED) is 0.177. The molecule has 7 aromatic carbocycles. The summed E-state index contributed by atoms with van der Waals surface area (Å²) in [6.45, 7) is 4.54. The maximum absolute atomic E-state index is 6.56. The molecular weight excluding hydrogens is 693 g/mol. The summed E-state index contributed by atoms with van der Waals surface area (Å²) in [4.78, 5) is 20.5. The van der Waals surface area contributed by atoms with Crippen LogP contribution < -0.4 is 0 Å². The lowest BCUT2D eigenvalue weighted by atomic mass is 9.81. The molecule has 0 saturated heterocycles. The molecule has 0 aliphatic heterocycles. The van der Waals surface area contributed by atoms with Gasteiger partial charge in [-0.3, -0.25) is 0 Å². The predicted octanol–water partition coefficient (Wildman–Crippen LogP) is 13.0. The van der Waals surface area contributed by atoms with Crippen LogP contribution in [0.5, 0.6) is 0 Å². The fourth-order valence-electron chi connectivity index (χ4n) is 8.23. The second-order valence-corrected chi connectivity index (χ2v) is 15.7. The molecule has 0 unspecified atom stereocenters. The van der Waals surface area contributed by atoms with Crippen LogP contribution in [0.25, 0.3) is 99.1 Å². The van der Waals surface area contributed by atoms with Gasteiger partial charge in [-0.15, -0.1) is 11.3 Å². The average Bonchev–Trinajstić information content (AvgIpc) is 3.91. The Morgan fingerprint density at radius 1 is 0.473 bits per heavy atom. The number of thiophene rings is 1. The molecule has 0 N–H and O–H groups in total. The molecule has 6 heteroatoms. The molecule has 260 valence electrons. The Kier molecular flexibility index (Phi) is 7.00. The van der Waals surface area contributed by atoms with Gasteiger partial charge in [-0.2, -0.15) is 0 Å². The summed E-state index contributed by atoms with van der Waals surface area (Å²) in [6.07, 6.45) is 0. The van der Waals surface area contributed by atoms with Gasteiger partial charge in [0.15, 0.2) is 23.1 Å². The minimum Gasteiger partial charge on any atom is -0.436 e. The Balaban J connectivity index is 1.07. The highest BCUT2D eigenvalue weighted by Gasteiger charge is 2.39. The van der Waals surface area contributed by atoms with Gasteiger partial charge in [-0.25, -0.2) is 19.9 Å². The van der Waals surface area contributed by atoms with Gasteiger partial charge in [0.2, 0.25) is 5.89 Å². The molecule has 0 fully saturated rings. The summed E-state index contributed by atoms with van der Waals surface area (Å²) in [5, 5.41) is 2.45. The number of nitrogens with zero attached hydrogens (tertiary/aromatic N) is 4. The number of hydrogen-bond donors (Lipinski definition) is 0. The third-order valence-electron chi connectivity index (χ3n) is 11.0. The van der Waals surface area contributed by atoms with E-state index in [2.05, 4.69) is 135 Å². The minimum atomic E-state index is -0.359. The number of rotatable bonds is 5. The molecule has 5 nitrogen and oxygen atoms in total. The van der Waals surface area contributed by atoms with Crippen molar-refractivity contribution in [2.24, 2.45) is 0 Å². The van der Waals surface area contributed by atoms with E-state index in [1.54, 1.807) is 11.3 Å². The van der Waals surface area contributed by atoms with Crippen molar-refractivity contribution in [3.63, 3.8) is 0 Å². The zero-order chi connectivity index (χ0) is 36.7. The van der Waals surface area contributed by atoms with Crippen LogP contribution in [0.4, 0.5) is 0 Å². The first kappa shape index (κ1) is 31.7. The summed E-state index contributed by atoms with van der Waals surface area (Å²) >= 11 is 1.78. The normalized spacial score (nSPS) is 13.1. The lowest BCUT2D eigenvalue weighted by Crippen LogP contribution is -2.15. The standard InChI is InChI=1S/C49H32N4OS/c1-49(2)39-28-33(24-25-34(39)36-26-27-40-43(42(36)49)54-48(50-40)32-14-7-4-8-15-32)46-51-45(31-22-20-30(21-23-31)29-12-5-3-6-13-29)52-47(53-46)38-18-11-17-37-35-16-9-10-19-41(35)55-44(37)38/h3-28H,1-2H3. The molecule has 11 rings (SSSR count). The van der Waals surface area contributed by atoms with E-state index in [-0.39, 0.29) is 5.41 Å². The van der Waals surface area contributed by atoms with E-state index in [1.165, 1.54) is 42.4 Å². The van der Waals surface area contributed by atoms with Crippen molar-refractivity contribution >= 4 is 42.6 Å². The Morgan fingerprint density at radius 2 is 1.09 bits per heavy atom. The van der Waals surface area contributed by atoms with E-state index in [0.29, 0.717) is 23.4 Å². The highest BCUT2D eigenvalue weighted by Crippen LogP contribution is 2.52. The molecule has 55 heavy (non-hydrogen) atoms. The van der Waals surface area contributed by atoms with Crippen LogP contribution in [0.15, 0.2) is 162 Å². The monoisotopic (exact) mass is 724 g/mol. The topological polar surface area (TPSA) is 64.7 Å². The van der Waals surface area contributed by atoms with E-state index < -0.39 is 0 Å². The Morgan fingerprint density at radius 3 is 1.89 bits per heavy atom. The molecule has 0 amide bonds. The lowest BCUT2D eigenvalue weighted by molar-refractivity contribution is 0.593. The van der Waals surface area contributed by atoms with Crippen molar-refractivity contribution in [2.45, 2.75) is 19.3 Å². The van der Waals surface area contributed by atoms with E-state index in [1.807, 2.05) is 36.4 Å². The summed E-state index contributed by atoms with van der Waals surface area (Å²) in [7, 11) is 0. The summed E-state index contributed by atoms with van der Waals surface area (Å²) in [5.41, 5.74) is 12.2. The predicted molar refractivity (Wildman–Crippen MR) is 225 cm³/mol. The zero-order valence-corrected chi connectivity index (χ0v) is 30.9. The second kappa shape index (κ2) is 12.1. The van der Waals surface area contributed by atoms with E-state index in [0.717, 1.165) is 44.5 Å². The molecule has 10 aromatic rings. The van der Waals surface area contributed by atoms with Gasteiger partial charge in [-0.05, 0) is 64.2 Å². The van der Waals surface area contributed by atoms with Gasteiger partial charge in [0.25, 0.3) is 0 Å². The van der Waals surface area contributed by atoms with Crippen LogP contribution in [0.1, 0.15) is 25.0 Å². The maximum Gasteiger partial charge on any atom is 0.227 e. The first-order chi connectivity index (χ1) is 27.0. The molecule has 1 aliphatic rings. The summed E-state index contributed by atoms with van der Waals surface area (Å²) in [5.74, 6) is 2.56. The summed E-state index contributed by atoms with van der Waals surface area (Å²) < 4.78 is 8.97. The molecule has 0 atom stereocenters. The van der Waals surface area contributed by atoms with Crippen molar-refractivity contribution in [1.29, 1.82) is 0 Å². The molecule has 3 heterocycles. The third-order valence-corrected chi connectivity index (χ3v) is 12.2. The second-order valence-electron chi connectivity index (χ2n) is 14.6. The van der Waals surface area contributed by atoms with Crippen LogP contribution in [0, 0.1) is 0 Å². The fourth-order valence-corrected chi connectivity index (χ4v) is 9.44. The highest BCUT2D eigenvalue weighted by atomic mass is 32.1. The Labute approximate surface area is 321 Å². The number of benzene rings is 7. The van der Waals surface area contributed by atoms with Crippen LogP contribution in [-0.4, -0.2) is 19.9 Å². The number of aromatic nitrogens is 4. The zero-order valence-electron chi connectivity index (χ0n) is 30.1. The van der Waals surface area contributed by atoms with Gasteiger partial charge in [0.1, 0.15) is 5.52 Å². The van der Waals surface area contributed by atoms with E-state index in [9.17, 15) is 0 Å². The van der Waals surface area contributed by atoms with Gasteiger partial charge >= 0.3 is 0 Å². The number of fused-ring (bicyclic) bond motifs is 8. The van der Waals surface area contributed by atoms with Gasteiger partial charge < -0.3 is 4.42 Å². The molecule has 0 bridgehead atoms. The summed E-state index contributed by atoms with van der Waals surface area (Å²) in [6, 6.07) is 54.9. The van der Waals surface area contributed by atoms with Crippen molar-refractivity contribution in [3.05, 3.63) is 169 Å². The third kappa shape index (κ3) is 5.06. The van der Waals surface area contributed by atoms with E-state index >= 15 is 0 Å². The van der Waals surface area contributed by atoms with Gasteiger partial charge in [0, 0.05) is 53.4 Å². The van der Waals surface area contributed by atoms with Gasteiger partial charge in [0.05, 0.1) is 0 Å². The van der Waals surface area contributed by atoms with Crippen LogP contribution in [0.3, 0.4) is 0 Å². The molecule has 0 radical (unpaired) electrons. The number of oxazole rings is 1.